The van der Waals surface area contributed by atoms with Gasteiger partial charge in [0.2, 0.25) is 0 Å². The summed E-state index contributed by atoms with van der Waals surface area (Å²) in [6.07, 6.45) is 2.25. The van der Waals surface area contributed by atoms with Crippen LogP contribution >= 0.6 is 11.3 Å². The quantitative estimate of drug-likeness (QED) is 0.730. The molecular formula is C14H12OS. The van der Waals surface area contributed by atoms with Gasteiger partial charge in [0.1, 0.15) is 5.78 Å². The Hall–Kier alpha value is -1.41. The molecule has 0 bridgehead atoms. The Morgan fingerprint density at radius 2 is 2.00 bits per heavy atom. The van der Waals surface area contributed by atoms with Crippen molar-refractivity contribution in [2.45, 2.75) is 19.3 Å². The van der Waals surface area contributed by atoms with Crippen LogP contribution < -0.4 is 0 Å². The minimum Gasteiger partial charge on any atom is -0.299 e. The number of fused-ring (bicyclic) bond motifs is 1. The third-order valence-corrected chi connectivity index (χ3v) is 3.99. The number of aryl methyl sites for hydroxylation is 1. The first-order valence-corrected chi connectivity index (χ1v) is 6.38. The fourth-order valence-corrected chi connectivity index (χ4v) is 2.93. The molecule has 1 aromatic heterocycles. The molecule has 1 aliphatic carbocycles. The van der Waals surface area contributed by atoms with Crippen molar-refractivity contribution in [3.05, 3.63) is 46.8 Å². The van der Waals surface area contributed by atoms with Crippen LogP contribution in [0.25, 0.3) is 10.4 Å². The number of thiophene rings is 1. The second-order valence-electron chi connectivity index (χ2n) is 4.18. The molecule has 0 saturated heterocycles. The Morgan fingerprint density at radius 1 is 1.06 bits per heavy atom. The van der Waals surface area contributed by atoms with E-state index in [0.717, 1.165) is 6.42 Å². The van der Waals surface area contributed by atoms with Gasteiger partial charge in [-0.05, 0) is 40.6 Å². The molecule has 1 heterocycles. The summed E-state index contributed by atoms with van der Waals surface area (Å²) >= 11 is 1.74. The monoisotopic (exact) mass is 228 g/mol. The largest absolute Gasteiger partial charge is 0.299 e. The van der Waals surface area contributed by atoms with Crippen molar-refractivity contribution in [2.75, 3.05) is 0 Å². The van der Waals surface area contributed by atoms with Gasteiger partial charge in [-0.3, -0.25) is 4.79 Å². The van der Waals surface area contributed by atoms with Gasteiger partial charge in [0.05, 0.1) is 0 Å². The van der Waals surface area contributed by atoms with E-state index in [1.54, 1.807) is 11.3 Å². The van der Waals surface area contributed by atoms with Crippen molar-refractivity contribution in [2.24, 2.45) is 0 Å². The summed E-state index contributed by atoms with van der Waals surface area (Å²) in [5.74, 6) is 0.371. The van der Waals surface area contributed by atoms with E-state index in [2.05, 4.69) is 35.7 Å². The molecule has 0 fully saturated rings. The molecule has 1 aromatic carbocycles. The number of ketones is 1. The smallest absolute Gasteiger partial charge is 0.137 e. The summed E-state index contributed by atoms with van der Waals surface area (Å²) in [6.45, 7) is 0. The predicted octanol–water partition coefficient (Wildman–Crippen LogP) is 3.47. The molecule has 2 aromatic rings. The van der Waals surface area contributed by atoms with Crippen molar-refractivity contribution < 1.29 is 4.79 Å². The second kappa shape index (κ2) is 3.87. The zero-order valence-corrected chi connectivity index (χ0v) is 9.72. The number of carbonyl (C=O) groups excluding carboxylic acids is 1. The minimum absolute atomic E-state index is 0.371. The third kappa shape index (κ3) is 1.69. The van der Waals surface area contributed by atoms with Crippen LogP contribution in [-0.2, 0) is 17.6 Å². The van der Waals surface area contributed by atoms with Crippen LogP contribution in [0.1, 0.15) is 17.5 Å². The molecule has 3 rings (SSSR count). The van der Waals surface area contributed by atoms with Crippen LogP contribution in [0.4, 0.5) is 0 Å². The van der Waals surface area contributed by atoms with Crippen molar-refractivity contribution in [3.63, 3.8) is 0 Å². The highest BCUT2D eigenvalue weighted by Gasteiger charge is 2.15. The van der Waals surface area contributed by atoms with Gasteiger partial charge in [-0.25, -0.2) is 0 Å². The number of rotatable bonds is 1. The van der Waals surface area contributed by atoms with Gasteiger partial charge in [0.25, 0.3) is 0 Å². The van der Waals surface area contributed by atoms with Crippen molar-refractivity contribution in [1.82, 2.24) is 0 Å². The number of benzene rings is 1. The Kier molecular flexibility index (Phi) is 2.37. The zero-order chi connectivity index (χ0) is 11.0. The van der Waals surface area contributed by atoms with Gasteiger partial charge in [-0.1, -0.05) is 18.2 Å². The summed E-state index contributed by atoms with van der Waals surface area (Å²) in [7, 11) is 0. The summed E-state index contributed by atoms with van der Waals surface area (Å²) in [5, 5.41) is 2.08. The number of hydrogen-bond donors (Lipinski definition) is 0. The highest BCUT2D eigenvalue weighted by molar-refractivity contribution is 7.13. The Bertz CT molecular complexity index is 526. The minimum atomic E-state index is 0.371. The molecule has 0 unspecified atom stereocenters. The van der Waals surface area contributed by atoms with Gasteiger partial charge < -0.3 is 0 Å². The van der Waals surface area contributed by atoms with Crippen LogP contribution in [0.15, 0.2) is 35.7 Å². The molecule has 1 nitrogen and oxygen atoms in total. The second-order valence-corrected chi connectivity index (χ2v) is 5.12. The molecule has 16 heavy (non-hydrogen) atoms. The molecule has 1 aliphatic rings. The van der Waals surface area contributed by atoms with E-state index >= 15 is 0 Å². The van der Waals surface area contributed by atoms with Crippen LogP contribution in [0.3, 0.4) is 0 Å². The van der Waals surface area contributed by atoms with E-state index in [9.17, 15) is 4.79 Å². The summed E-state index contributed by atoms with van der Waals surface area (Å²) in [4.78, 5) is 12.7. The van der Waals surface area contributed by atoms with E-state index in [0.29, 0.717) is 18.6 Å². The molecule has 0 radical (unpaired) electrons. The summed E-state index contributed by atoms with van der Waals surface area (Å²) < 4.78 is 0. The normalized spacial score (nSPS) is 14.9. The maximum atomic E-state index is 11.4. The van der Waals surface area contributed by atoms with Gasteiger partial charge in [-0.2, -0.15) is 0 Å². The highest BCUT2D eigenvalue weighted by Crippen LogP contribution is 2.29. The summed E-state index contributed by atoms with van der Waals surface area (Å²) in [5.41, 5.74) is 3.81. The number of Topliss-reactive ketones (excluding diaryl/α,β-unsaturated/α-hetero) is 1. The molecule has 0 aliphatic heterocycles. The van der Waals surface area contributed by atoms with Crippen LogP contribution in [0.5, 0.6) is 0 Å². The zero-order valence-electron chi connectivity index (χ0n) is 8.90. The third-order valence-electron chi connectivity index (χ3n) is 3.07. The first-order valence-electron chi connectivity index (χ1n) is 5.50. The van der Waals surface area contributed by atoms with Crippen LogP contribution in [-0.4, -0.2) is 5.78 Å². The van der Waals surface area contributed by atoms with E-state index in [-0.39, 0.29) is 0 Å². The van der Waals surface area contributed by atoms with E-state index in [1.165, 1.54) is 21.6 Å². The molecule has 0 spiro atoms. The lowest BCUT2D eigenvalue weighted by molar-refractivity contribution is -0.118. The van der Waals surface area contributed by atoms with Gasteiger partial charge in [0.15, 0.2) is 0 Å². The fourth-order valence-electron chi connectivity index (χ4n) is 2.21. The fraction of sp³-hybridized carbons (Fsp3) is 0.214. The molecule has 2 heteroatoms. The standard InChI is InChI=1S/C14H12OS/c15-13-6-5-10-3-4-11(8-12(10)9-13)14-2-1-7-16-14/h1-4,7-8H,5-6,9H2. The van der Waals surface area contributed by atoms with Crippen molar-refractivity contribution >= 4 is 17.1 Å². The molecule has 0 amide bonds. The number of hydrogen-bond acceptors (Lipinski definition) is 2. The van der Waals surface area contributed by atoms with Crippen molar-refractivity contribution in [1.29, 1.82) is 0 Å². The van der Waals surface area contributed by atoms with Gasteiger partial charge >= 0.3 is 0 Å². The Morgan fingerprint density at radius 3 is 2.81 bits per heavy atom. The maximum Gasteiger partial charge on any atom is 0.137 e. The predicted molar refractivity (Wildman–Crippen MR) is 66.8 cm³/mol. The molecular weight excluding hydrogens is 216 g/mol. The average Bonchev–Trinajstić information content (AvgIpc) is 2.81. The van der Waals surface area contributed by atoms with E-state index in [1.807, 2.05) is 0 Å². The van der Waals surface area contributed by atoms with Crippen LogP contribution in [0, 0.1) is 0 Å². The van der Waals surface area contributed by atoms with Gasteiger partial charge in [0, 0.05) is 17.7 Å². The first kappa shape index (κ1) is 9.79. The lowest BCUT2D eigenvalue weighted by atomic mass is 9.89. The van der Waals surface area contributed by atoms with Crippen LogP contribution in [0.2, 0.25) is 0 Å². The average molecular weight is 228 g/mol. The Balaban J connectivity index is 2.04. The lowest BCUT2D eigenvalue weighted by Gasteiger charge is -2.15. The van der Waals surface area contributed by atoms with Gasteiger partial charge in [-0.15, -0.1) is 11.3 Å². The lowest BCUT2D eigenvalue weighted by Crippen LogP contribution is -2.12. The highest BCUT2D eigenvalue weighted by atomic mass is 32.1. The maximum absolute atomic E-state index is 11.4. The van der Waals surface area contributed by atoms with E-state index in [4.69, 9.17) is 0 Å². The van der Waals surface area contributed by atoms with E-state index < -0.39 is 0 Å². The topological polar surface area (TPSA) is 17.1 Å². The first-order chi connectivity index (χ1) is 7.83. The molecule has 0 saturated carbocycles. The molecule has 0 atom stereocenters. The molecule has 0 N–H and O–H groups in total. The summed E-state index contributed by atoms with van der Waals surface area (Å²) in [6, 6.07) is 10.7. The number of carbonyl (C=O) groups is 1. The SMILES string of the molecule is O=C1CCc2ccc(-c3cccs3)cc2C1. The molecule has 80 valence electrons. The Labute approximate surface area is 98.7 Å². The van der Waals surface area contributed by atoms with Crippen molar-refractivity contribution in [3.8, 4) is 10.4 Å².